The van der Waals surface area contributed by atoms with Crippen LogP contribution in [0.3, 0.4) is 0 Å². The van der Waals surface area contributed by atoms with Gasteiger partial charge in [-0.2, -0.15) is 0 Å². The van der Waals surface area contributed by atoms with Crippen molar-refractivity contribution >= 4 is 11.9 Å². The number of benzene rings is 1. The molecule has 0 saturated carbocycles. The van der Waals surface area contributed by atoms with Crippen LogP contribution in [0.5, 0.6) is 5.75 Å². The summed E-state index contributed by atoms with van der Waals surface area (Å²) in [6, 6.07) is 5.40. The van der Waals surface area contributed by atoms with E-state index in [4.69, 9.17) is 10.5 Å². The molecule has 1 rings (SSSR count). The molecule has 86 valence electrons. The van der Waals surface area contributed by atoms with Crippen LogP contribution >= 0.6 is 0 Å². The van der Waals surface area contributed by atoms with Gasteiger partial charge in [-0.05, 0) is 38.1 Å². The standard InChI is InChI=1S/C13H17NO2/c1-10(15)11-6-7-13(16-2)12(9-11)5-3-4-8-14/h3,5-7,9H,4,8,14H2,1-2H3. The van der Waals surface area contributed by atoms with E-state index in [1.807, 2.05) is 18.2 Å². The van der Waals surface area contributed by atoms with Gasteiger partial charge >= 0.3 is 0 Å². The monoisotopic (exact) mass is 219 g/mol. The summed E-state index contributed by atoms with van der Waals surface area (Å²) in [5.41, 5.74) is 7.00. The molecule has 0 aliphatic rings. The van der Waals surface area contributed by atoms with E-state index in [0.717, 1.165) is 17.7 Å². The lowest BCUT2D eigenvalue weighted by atomic mass is 10.1. The van der Waals surface area contributed by atoms with Gasteiger partial charge in [0.2, 0.25) is 0 Å². The summed E-state index contributed by atoms with van der Waals surface area (Å²) in [7, 11) is 1.61. The van der Waals surface area contributed by atoms with Gasteiger partial charge in [0, 0.05) is 11.1 Å². The second-order valence-corrected chi connectivity index (χ2v) is 3.49. The Bertz CT molecular complexity index is 397. The van der Waals surface area contributed by atoms with Crippen molar-refractivity contribution in [1.29, 1.82) is 0 Å². The summed E-state index contributed by atoms with van der Waals surface area (Å²) in [5.74, 6) is 0.814. The zero-order valence-corrected chi connectivity index (χ0v) is 9.69. The number of carbonyl (C=O) groups excluding carboxylic acids is 1. The fraction of sp³-hybridized carbons (Fsp3) is 0.308. The maximum Gasteiger partial charge on any atom is 0.159 e. The zero-order chi connectivity index (χ0) is 12.0. The summed E-state index contributed by atoms with van der Waals surface area (Å²) in [4.78, 5) is 11.2. The molecule has 16 heavy (non-hydrogen) atoms. The van der Waals surface area contributed by atoms with Crippen molar-refractivity contribution in [2.24, 2.45) is 5.73 Å². The number of ether oxygens (including phenoxy) is 1. The topological polar surface area (TPSA) is 52.3 Å². The molecule has 3 nitrogen and oxygen atoms in total. The van der Waals surface area contributed by atoms with E-state index < -0.39 is 0 Å². The number of methoxy groups -OCH3 is 1. The van der Waals surface area contributed by atoms with E-state index in [-0.39, 0.29) is 5.78 Å². The van der Waals surface area contributed by atoms with E-state index in [1.165, 1.54) is 0 Å². The molecule has 3 heteroatoms. The van der Waals surface area contributed by atoms with Crippen LogP contribution in [-0.4, -0.2) is 19.4 Å². The molecule has 2 N–H and O–H groups in total. The first-order valence-electron chi connectivity index (χ1n) is 5.24. The first-order valence-corrected chi connectivity index (χ1v) is 5.24. The lowest BCUT2D eigenvalue weighted by Crippen LogP contribution is -1.96. The van der Waals surface area contributed by atoms with Crippen LogP contribution in [0.2, 0.25) is 0 Å². The van der Waals surface area contributed by atoms with Crippen molar-refractivity contribution in [3.63, 3.8) is 0 Å². The third-order valence-electron chi connectivity index (χ3n) is 2.27. The van der Waals surface area contributed by atoms with Crippen LogP contribution in [-0.2, 0) is 0 Å². The highest BCUT2D eigenvalue weighted by Gasteiger charge is 2.04. The average Bonchev–Trinajstić information content (AvgIpc) is 2.29. The molecule has 0 aliphatic carbocycles. The van der Waals surface area contributed by atoms with Crippen molar-refractivity contribution in [2.75, 3.05) is 13.7 Å². The summed E-state index contributed by atoms with van der Waals surface area (Å²) in [6.07, 6.45) is 4.72. The average molecular weight is 219 g/mol. The minimum atomic E-state index is 0.0520. The number of hydrogen-bond donors (Lipinski definition) is 1. The Balaban J connectivity index is 3.02. The summed E-state index contributed by atoms with van der Waals surface area (Å²) in [6.45, 7) is 2.17. The molecule has 0 amide bonds. The predicted molar refractivity (Wildman–Crippen MR) is 65.7 cm³/mol. The molecule has 0 aliphatic heterocycles. The Labute approximate surface area is 95.9 Å². The van der Waals surface area contributed by atoms with Gasteiger partial charge in [-0.25, -0.2) is 0 Å². The molecule has 0 saturated heterocycles. The predicted octanol–water partition coefficient (Wildman–Crippen LogP) is 2.26. The highest BCUT2D eigenvalue weighted by molar-refractivity contribution is 5.94. The van der Waals surface area contributed by atoms with Crippen LogP contribution in [0.1, 0.15) is 29.3 Å². The van der Waals surface area contributed by atoms with E-state index in [2.05, 4.69) is 0 Å². The molecule has 0 heterocycles. The Hall–Kier alpha value is -1.61. The molecular weight excluding hydrogens is 202 g/mol. The SMILES string of the molecule is COc1ccc(C(C)=O)cc1C=CCCN. The fourth-order valence-electron chi connectivity index (χ4n) is 1.39. The maximum absolute atomic E-state index is 11.2. The minimum Gasteiger partial charge on any atom is -0.496 e. The van der Waals surface area contributed by atoms with E-state index in [9.17, 15) is 4.79 Å². The van der Waals surface area contributed by atoms with Crippen LogP contribution < -0.4 is 10.5 Å². The second kappa shape index (κ2) is 6.08. The number of Topliss-reactive ketones (excluding diaryl/α,β-unsaturated/α-hetero) is 1. The number of nitrogens with two attached hydrogens (primary N) is 1. The smallest absolute Gasteiger partial charge is 0.159 e. The second-order valence-electron chi connectivity index (χ2n) is 3.49. The minimum absolute atomic E-state index is 0.0520. The molecule has 1 aromatic rings. The summed E-state index contributed by atoms with van der Waals surface area (Å²) < 4.78 is 5.22. The van der Waals surface area contributed by atoms with E-state index >= 15 is 0 Å². The lowest BCUT2D eigenvalue weighted by molar-refractivity contribution is 0.101. The van der Waals surface area contributed by atoms with Crippen molar-refractivity contribution in [2.45, 2.75) is 13.3 Å². The number of carbonyl (C=O) groups is 1. The number of rotatable bonds is 5. The molecule has 0 radical (unpaired) electrons. The quantitative estimate of drug-likeness (QED) is 0.773. The zero-order valence-electron chi connectivity index (χ0n) is 9.69. The van der Waals surface area contributed by atoms with Gasteiger partial charge in [-0.3, -0.25) is 4.79 Å². The van der Waals surface area contributed by atoms with Gasteiger partial charge < -0.3 is 10.5 Å². The molecule has 0 unspecified atom stereocenters. The maximum atomic E-state index is 11.2. The Morgan fingerprint density at radius 2 is 2.25 bits per heavy atom. The Morgan fingerprint density at radius 3 is 2.81 bits per heavy atom. The molecule has 0 aromatic heterocycles. The number of hydrogen-bond acceptors (Lipinski definition) is 3. The molecular formula is C13H17NO2. The van der Waals surface area contributed by atoms with Crippen molar-refractivity contribution in [3.8, 4) is 5.75 Å². The fourth-order valence-corrected chi connectivity index (χ4v) is 1.39. The van der Waals surface area contributed by atoms with Crippen LogP contribution in [0.25, 0.3) is 6.08 Å². The normalized spacial score (nSPS) is 10.7. The van der Waals surface area contributed by atoms with Gasteiger partial charge in [0.1, 0.15) is 5.75 Å². The Morgan fingerprint density at radius 1 is 1.50 bits per heavy atom. The molecule has 0 atom stereocenters. The van der Waals surface area contributed by atoms with Gasteiger partial charge in [-0.1, -0.05) is 12.2 Å². The van der Waals surface area contributed by atoms with Gasteiger partial charge in [0.15, 0.2) is 5.78 Å². The third-order valence-corrected chi connectivity index (χ3v) is 2.27. The largest absolute Gasteiger partial charge is 0.496 e. The van der Waals surface area contributed by atoms with Gasteiger partial charge in [0.25, 0.3) is 0 Å². The molecule has 0 fully saturated rings. The van der Waals surface area contributed by atoms with E-state index in [0.29, 0.717) is 12.1 Å². The number of ketones is 1. The van der Waals surface area contributed by atoms with Gasteiger partial charge in [0.05, 0.1) is 7.11 Å². The van der Waals surface area contributed by atoms with Crippen molar-refractivity contribution in [1.82, 2.24) is 0 Å². The van der Waals surface area contributed by atoms with E-state index in [1.54, 1.807) is 26.2 Å². The van der Waals surface area contributed by atoms with Crippen molar-refractivity contribution < 1.29 is 9.53 Å². The highest BCUT2D eigenvalue weighted by atomic mass is 16.5. The molecule has 0 spiro atoms. The van der Waals surface area contributed by atoms with Crippen LogP contribution in [0, 0.1) is 0 Å². The molecule has 0 bridgehead atoms. The van der Waals surface area contributed by atoms with Crippen molar-refractivity contribution in [3.05, 3.63) is 35.4 Å². The molecule has 1 aromatic carbocycles. The van der Waals surface area contributed by atoms with Crippen LogP contribution in [0.4, 0.5) is 0 Å². The highest BCUT2D eigenvalue weighted by Crippen LogP contribution is 2.21. The summed E-state index contributed by atoms with van der Waals surface area (Å²) in [5, 5.41) is 0. The third kappa shape index (κ3) is 3.21. The lowest BCUT2D eigenvalue weighted by Gasteiger charge is -2.06. The first kappa shape index (κ1) is 12.5. The summed E-state index contributed by atoms with van der Waals surface area (Å²) >= 11 is 0. The van der Waals surface area contributed by atoms with Gasteiger partial charge in [-0.15, -0.1) is 0 Å². The first-order chi connectivity index (χ1) is 7.69. The Kier molecular flexibility index (Phi) is 4.73. The van der Waals surface area contributed by atoms with Crippen LogP contribution in [0.15, 0.2) is 24.3 Å².